The number of halogens is 3. The first-order chi connectivity index (χ1) is 7.84. The van der Waals surface area contributed by atoms with Gasteiger partial charge in [-0.15, -0.1) is 0 Å². The van der Waals surface area contributed by atoms with Crippen molar-refractivity contribution in [1.29, 1.82) is 0 Å². The van der Waals surface area contributed by atoms with Crippen LogP contribution in [-0.2, 0) is 22.1 Å². The lowest BCUT2D eigenvalue weighted by atomic mass is 10.0. The molecular weight excluding hydrogens is 237 g/mol. The fourth-order valence-electron chi connectivity index (χ4n) is 1.36. The van der Waals surface area contributed by atoms with Gasteiger partial charge in [-0.25, -0.2) is 4.79 Å². The van der Waals surface area contributed by atoms with Gasteiger partial charge in [0.2, 0.25) is 0 Å². The minimum absolute atomic E-state index is 0.101. The van der Waals surface area contributed by atoms with Crippen molar-refractivity contribution in [2.24, 2.45) is 0 Å². The standard InChI is InChI=1S/C11H11F3O3/c1-17-9(10(15)16)6-7-3-2-4-8(5-7)11(12,13)14/h2-5,9H,6H2,1H3,(H,15,16)/t9-/m1/s1. The summed E-state index contributed by atoms with van der Waals surface area (Å²) >= 11 is 0. The van der Waals surface area contributed by atoms with E-state index in [9.17, 15) is 18.0 Å². The third kappa shape index (κ3) is 3.74. The summed E-state index contributed by atoms with van der Waals surface area (Å²) in [5.74, 6) is -1.20. The molecule has 0 unspecified atom stereocenters. The topological polar surface area (TPSA) is 46.5 Å². The molecule has 1 aromatic rings. The molecule has 0 heterocycles. The van der Waals surface area contributed by atoms with E-state index in [4.69, 9.17) is 5.11 Å². The van der Waals surface area contributed by atoms with E-state index in [0.717, 1.165) is 12.1 Å². The van der Waals surface area contributed by atoms with Gasteiger partial charge >= 0.3 is 12.1 Å². The fraction of sp³-hybridized carbons (Fsp3) is 0.364. The Balaban J connectivity index is 2.89. The molecular formula is C11H11F3O3. The first-order valence-corrected chi connectivity index (χ1v) is 4.76. The molecule has 0 aliphatic heterocycles. The number of alkyl halides is 3. The molecule has 0 fully saturated rings. The molecule has 0 amide bonds. The van der Waals surface area contributed by atoms with Crippen LogP contribution in [0.4, 0.5) is 13.2 Å². The first-order valence-electron chi connectivity index (χ1n) is 4.76. The Morgan fingerprint density at radius 3 is 2.59 bits per heavy atom. The van der Waals surface area contributed by atoms with Gasteiger partial charge in [0, 0.05) is 13.5 Å². The van der Waals surface area contributed by atoms with E-state index in [-0.39, 0.29) is 12.0 Å². The van der Waals surface area contributed by atoms with Crippen LogP contribution in [0.3, 0.4) is 0 Å². The number of aliphatic carboxylic acids is 1. The van der Waals surface area contributed by atoms with Crippen molar-refractivity contribution in [1.82, 2.24) is 0 Å². The van der Waals surface area contributed by atoms with Crippen LogP contribution in [0.1, 0.15) is 11.1 Å². The molecule has 0 saturated heterocycles. The Labute approximate surface area is 95.8 Å². The van der Waals surface area contributed by atoms with E-state index in [1.807, 2.05) is 0 Å². The Kier molecular flexibility index (Phi) is 4.11. The van der Waals surface area contributed by atoms with Gasteiger partial charge < -0.3 is 9.84 Å². The van der Waals surface area contributed by atoms with Gasteiger partial charge in [0.25, 0.3) is 0 Å². The van der Waals surface area contributed by atoms with Crippen LogP contribution in [0.15, 0.2) is 24.3 Å². The number of carbonyl (C=O) groups is 1. The van der Waals surface area contributed by atoms with Crippen molar-refractivity contribution in [2.45, 2.75) is 18.7 Å². The number of rotatable bonds is 4. The molecule has 0 aliphatic rings. The second-order valence-corrected chi connectivity index (χ2v) is 3.46. The predicted octanol–water partition coefficient (Wildman–Crippen LogP) is 2.35. The van der Waals surface area contributed by atoms with Gasteiger partial charge in [-0.05, 0) is 11.6 Å². The first kappa shape index (κ1) is 13.5. The third-order valence-electron chi connectivity index (χ3n) is 2.24. The van der Waals surface area contributed by atoms with Gasteiger partial charge in [-0.1, -0.05) is 18.2 Å². The lowest BCUT2D eigenvalue weighted by molar-refractivity contribution is -0.148. The molecule has 3 nitrogen and oxygen atoms in total. The smallest absolute Gasteiger partial charge is 0.416 e. The molecule has 0 saturated carbocycles. The maximum Gasteiger partial charge on any atom is 0.416 e. The summed E-state index contributed by atoms with van der Waals surface area (Å²) in [6.07, 6.45) is -5.67. The van der Waals surface area contributed by atoms with Crippen molar-refractivity contribution >= 4 is 5.97 Å². The summed E-state index contributed by atoms with van der Waals surface area (Å²) in [6, 6.07) is 4.54. The lowest BCUT2D eigenvalue weighted by Gasteiger charge is -2.12. The second-order valence-electron chi connectivity index (χ2n) is 3.46. The molecule has 0 spiro atoms. The van der Waals surface area contributed by atoms with Gasteiger partial charge in [0.05, 0.1) is 5.56 Å². The van der Waals surface area contributed by atoms with Crippen LogP contribution in [0.5, 0.6) is 0 Å². The van der Waals surface area contributed by atoms with E-state index < -0.39 is 23.8 Å². The molecule has 1 atom stereocenters. The Morgan fingerprint density at radius 2 is 2.12 bits per heavy atom. The molecule has 1 N–H and O–H groups in total. The number of benzene rings is 1. The monoisotopic (exact) mass is 248 g/mol. The average molecular weight is 248 g/mol. The van der Waals surface area contributed by atoms with Gasteiger partial charge in [0.15, 0.2) is 6.10 Å². The highest BCUT2D eigenvalue weighted by atomic mass is 19.4. The number of hydrogen-bond donors (Lipinski definition) is 1. The molecule has 0 aromatic heterocycles. The Bertz CT molecular complexity index is 401. The van der Waals surface area contributed by atoms with Crippen molar-refractivity contribution in [3.63, 3.8) is 0 Å². The van der Waals surface area contributed by atoms with Crippen molar-refractivity contribution in [2.75, 3.05) is 7.11 Å². The largest absolute Gasteiger partial charge is 0.479 e. The maximum absolute atomic E-state index is 12.4. The van der Waals surface area contributed by atoms with Crippen LogP contribution in [0, 0.1) is 0 Å². The number of hydrogen-bond acceptors (Lipinski definition) is 2. The van der Waals surface area contributed by atoms with Crippen molar-refractivity contribution in [3.8, 4) is 0 Å². The SMILES string of the molecule is CO[C@H](Cc1cccc(C(F)(F)F)c1)C(=O)O. The zero-order chi connectivity index (χ0) is 13.1. The zero-order valence-electron chi connectivity index (χ0n) is 8.99. The van der Waals surface area contributed by atoms with Crippen LogP contribution in [0.2, 0.25) is 0 Å². The molecule has 17 heavy (non-hydrogen) atoms. The summed E-state index contributed by atoms with van der Waals surface area (Å²) in [7, 11) is 1.20. The summed E-state index contributed by atoms with van der Waals surface area (Å²) in [5, 5.41) is 8.72. The normalized spacial score (nSPS) is 13.4. The second kappa shape index (κ2) is 5.18. The van der Waals surface area contributed by atoms with Crippen molar-refractivity contribution in [3.05, 3.63) is 35.4 Å². The van der Waals surface area contributed by atoms with Crippen LogP contribution >= 0.6 is 0 Å². The zero-order valence-corrected chi connectivity index (χ0v) is 8.99. The molecule has 94 valence electrons. The van der Waals surface area contributed by atoms with Crippen molar-refractivity contribution < 1.29 is 27.8 Å². The van der Waals surface area contributed by atoms with Gasteiger partial charge in [-0.2, -0.15) is 13.2 Å². The van der Waals surface area contributed by atoms with E-state index >= 15 is 0 Å². The minimum Gasteiger partial charge on any atom is -0.479 e. The van der Waals surface area contributed by atoms with E-state index in [1.54, 1.807) is 0 Å². The average Bonchev–Trinajstić information content (AvgIpc) is 2.24. The maximum atomic E-state index is 12.4. The fourth-order valence-corrected chi connectivity index (χ4v) is 1.36. The lowest BCUT2D eigenvalue weighted by Crippen LogP contribution is -2.25. The van der Waals surface area contributed by atoms with E-state index in [1.165, 1.54) is 19.2 Å². The predicted molar refractivity (Wildman–Crippen MR) is 53.6 cm³/mol. The highest BCUT2D eigenvalue weighted by Gasteiger charge is 2.30. The number of carboxylic acid groups (broad SMARTS) is 1. The number of ether oxygens (including phenoxy) is 1. The van der Waals surface area contributed by atoms with Crippen LogP contribution in [0.25, 0.3) is 0 Å². The molecule has 0 radical (unpaired) electrons. The Morgan fingerprint density at radius 1 is 1.47 bits per heavy atom. The summed E-state index contributed by atoms with van der Waals surface area (Å²) < 4.78 is 41.9. The van der Waals surface area contributed by atoms with E-state index in [0.29, 0.717) is 0 Å². The quantitative estimate of drug-likeness (QED) is 0.889. The Hall–Kier alpha value is -1.56. The summed E-state index contributed by atoms with van der Waals surface area (Å²) in [5.41, 5.74) is -0.524. The number of methoxy groups -OCH3 is 1. The van der Waals surface area contributed by atoms with E-state index in [2.05, 4.69) is 4.74 Å². The number of carboxylic acids is 1. The summed E-state index contributed by atoms with van der Waals surface area (Å²) in [4.78, 5) is 10.7. The minimum atomic E-state index is -4.43. The molecule has 6 heteroatoms. The highest BCUT2D eigenvalue weighted by molar-refractivity contribution is 5.72. The third-order valence-corrected chi connectivity index (χ3v) is 2.24. The summed E-state index contributed by atoms with van der Waals surface area (Å²) in [6.45, 7) is 0. The van der Waals surface area contributed by atoms with Gasteiger partial charge in [-0.3, -0.25) is 0 Å². The molecule has 1 rings (SSSR count). The van der Waals surface area contributed by atoms with Crippen LogP contribution in [-0.4, -0.2) is 24.3 Å². The highest BCUT2D eigenvalue weighted by Crippen LogP contribution is 2.29. The molecule has 0 bridgehead atoms. The van der Waals surface area contributed by atoms with Crippen LogP contribution < -0.4 is 0 Å². The van der Waals surface area contributed by atoms with Gasteiger partial charge in [0.1, 0.15) is 0 Å². The molecule has 0 aliphatic carbocycles. The molecule has 1 aromatic carbocycles.